The number of amides is 2. The van der Waals surface area contributed by atoms with Crippen LogP contribution < -0.4 is 0 Å². The van der Waals surface area contributed by atoms with Crippen molar-refractivity contribution >= 4 is 12.0 Å². The van der Waals surface area contributed by atoms with Gasteiger partial charge in [0.2, 0.25) is 0 Å². The van der Waals surface area contributed by atoms with E-state index in [1.54, 1.807) is 9.80 Å². The molecule has 1 saturated heterocycles. The molecule has 0 atom stereocenters. The van der Waals surface area contributed by atoms with E-state index in [1.165, 1.54) is 24.3 Å². The first kappa shape index (κ1) is 16.3. The molecule has 6 heteroatoms. The number of ether oxygens (including phenoxy) is 1. The van der Waals surface area contributed by atoms with Crippen LogP contribution in [-0.2, 0) is 4.74 Å². The Morgan fingerprint density at radius 1 is 1.09 bits per heavy atom. The number of piperazine rings is 1. The molecule has 1 aliphatic heterocycles. The van der Waals surface area contributed by atoms with Crippen LogP contribution in [0, 0.1) is 11.7 Å². The predicted molar refractivity (Wildman–Crippen MR) is 80.1 cm³/mol. The monoisotopic (exact) mass is 308 g/mol. The highest BCUT2D eigenvalue weighted by atomic mass is 19.1. The number of rotatable bonds is 3. The van der Waals surface area contributed by atoms with Gasteiger partial charge in [-0.15, -0.1) is 0 Å². The molecule has 120 valence electrons. The van der Waals surface area contributed by atoms with Crippen molar-refractivity contribution in [1.29, 1.82) is 0 Å². The van der Waals surface area contributed by atoms with Gasteiger partial charge in [-0.2, -0.15) is 0 Å². The number of benzene rings is 1. The van der Waals surface area contributed by atoms with Gasteiger partial charge in [0.25, 0.3) is 5.91 Å². The molecular formula is C16H21FN2O3. The Hall–Kier alpha value is -2.11. The van der Waals surface area contributed by atoms with Crippen molar-refractivity contribution in [2.45, 2.75) is 13.8 Å². The van der Waals surface area contributed by atoms with E-state index in [2.05, 4.69) is 0 Å². The highest BCUT2D eigenvalue weighted by molar-refractivity contribution is 5.94. The summed E-state index contributed by atoms with van der Waals surface area (Å²) in [6.45, 7) is 6.15. The van der Waals surface area contributed by atoms with Gasteiger partial charge in [0, 0.05) is 31.7 Å². The molecule has 22 heavy (non-hydrogen) atoms. The van der Waals surface area contributed by atoms with Gasteiger partial charge in [0.05, 0.1) is 6.61 Å². The number of carbonyl (C=O) groups excluding carboxylic acids is 2. The predicted octanol–water partition coefficient (Wildman–Crippen LogP) is 2.38. The zero-order chi connectivity index (χ0) is 16.1. The Morgan fingerprint density at radius 2 is 1.64 bits per heavy atom. The van der Waals surface area contributed by atoms with Crippen molar-refractivity contribution in [3.63, 3.8) is 0 Å². The molecule has 1 aromatic rings. The topological polar surface area (TPSA) is 49.9 Å². The second-order valence-corrected chi connectivity index (χ2v) is 5.76. The van der Waals surface area contributed by atoms with Crippen molar-refractivity contribution in [2.75, 3.05) is 32.8 Å². The van der Waals surface area contributed by atoms with Crippen LogP contribution in [0.1, 0.15) is 24.2 Å². The first-order chi connectivity index (χ1) is 10.5. The Bertz CT molecular complexity index is 523. The molecule has 0 bridgehead atoms. The highest BCUT2D eigenvalue weighted by Crippen LogP contribution is 2.11. The molecule has 0 unspecified atom stereocenters. The summed E-state index contributed by atoms with van der Waals surface area (Å²) in [7, 11) is 0. The summed E-state index contributed by atoms with van der Waals surface area (Å²) in [6.07, 6.45) is -0.331. The summed E-state index contributed by atoms with van der Waals surface area (Å²) in [6, 6.07) is 5.49. The maximum Gasteiger partial charge on any atom is 0.409 e. The van der Waals surface area contributed by atoms with Crippen LogP contribution in [0.25, 0.3) is 0 Å². The van der Waals surface area contributed by atoms with Gasteiger partial charge >= 0.3 is 6.09 Å². The molecule has 0 aromatic heterocycles. The maximum atomic E-state index is 12.9. The van der Waals surface area contributed by atoms with Crippen molar-refractivity contribution < 1.29 is 18.7 Å². The van der Waals surface area contributed by atoms with E-state index in [0.717, 1.165) is 0 Å². The fourth-order valence-electron chi connectivity index (χ4n) is 2.20. The maximum absolute atomic E-state index is 12.9. The zero-order valence-corrected chi connectivity index (χ0v) is 12.9. The molecule has 1 aliphatic rings. The summed E-state index contributed by atoms with van der Waals surface area (Å²) in [5.74, 6) is -0.213. The minimum absolute atomic E-state index is 0.143. The third-order valence-corrected chi connectivity index (χ3v) is 3.46. The Labute approximate surface area is 129 Å². The van der Waals surface area contributed by atoms with E-state index in [0.29, 0.717) is 44.3 Å². The van der Waals surface area contributed by atoms with Crippen molar-refractivity contribution in [2.24, 2.45) is 5.92 Å². The Balaban J connectivity index is 1.85. The van der Waals surface area contributed by atoms with E-state index >= 15 is 0 Å². The quantitative estimate of drug-likeness (QED) is 0.861. The standard InChI is InChI=1S/C16H21FN2O3/c1-12(2)11-22-16(21)19-9-7-18(8-10-19)15(20)13-3-5-14(17)6-4-13/h3-6,12H,7-11H2,1-2H3. The molecule has 2 rings (SSSR count). The fourth-order valence-corrected chi connectivity index (χ4v) is 2.20. The van der Waals surface area contributed by atoms with Gasteiger partial charge in [0.1, 0.15) is 5.82 Å². The molecule has 1 heterocycles. The third kappa shape index (κ3) is 4.19. The fraction of sp³-hybridized carbons (Fsp3) is 0.500. The summed E-state index contributed by atoms with van der Waals surface area (Å²) in [4.78, 5) is 27.4. The minimum Gasteiger partial charge on any atom is -0.449 e. The number of hydrogen-bond donors (Lipinski definition) is 0. The average molecular weight is 308 g/mol. The van der Waals surface area contributed by atoms with Gasteiger partial charge < -0.3 is 14.5 Å². The Morgan fingerprint density at radius 3 is 2.18 bits per heavy atom. The summed E-state index contributed by atoms with van der Waals surface area (Å²) >= 11 is 0. The first-order valence-corrected chi connectivity index (χ1v) is 7.44. The van der Waals surface area contributed by atoms with Crippen molar-refractivity contribution in [1.82, 2.24) is 9.80 Å². The molecule has 0 N–H and O–H groups in total. The largest absolute Gasteiger partial charge is 0.449 e. The molecule has 0 saturated carbocycles. The van der Waals surface area contributed by atoms with Gasteiger partial charge in [0.15, 0.2) is 0 Å². The van der Waals surface area contributed by atoms with E-state index in [-0.39, 0.29) is 17.8 Å². The lowest BCUT2D eigenvalue weighted by Gasteiger charge is -2.34. The number of halogens is 1. The summed E-state index contributed by atoms with van der Waals surface area (Å²) in [5.41, 5.74) is 0.456. The minimum atomic E-state index is -0.366. The van der Waals surface area contributed by atoms with Crippen LogP contribution >= 0.6 is 0 Å². The van der Waals surface area contributed by atoms with E-state index in [9.17, 15) is 14.0 Å². The molecule has 2 amide bonds. The first-order valence-electron chi connectivity index (χ1n) is 7.44. The van der Waals surface area contributed by atoms with E-state index in [1.807, 2.05) is 13.8 Å². The van der Waals surface area contributed by atoms with Crippen LogP contribution in [0.2, 0.25) is 0 Å². The van der Waals surface area contributed by atoms with Crippen LogP contribution in [0.15, 0.2) is 24.3 Å². The number of nitrogens with zero attached hydrogens (tertiary/aromatic N) is 2. The highest BCUT2D eigenvalue weighted by Gasteiger charge is 2.25. The molecule has 0 spiro atoms. The van der Waals surface area contributed by atoms with Crippen LogP contribution in [0.4, 0.5) is 9.18 Å². The van der Waals surface area contributed by atoms with Gasteiger partial charge in [-0.3, -0.25) is 4.79 Å². The Kier molecular flexibility index (Phi) is 5.35. The molecule has 1 fully saturated rings. The van der Waals surface area contributed by atoms with Gasteiger partial charge in [-0.1, -0.05) is 13.8 Å². The zero-order valence-electron chi connectivity index (χ0n) is 12.9. The van der Waals surface area contributed by atoms with Crippen molar-refractivity contribution in [3.8, 4) is 0 Å². The van der Waals surface area contributed by atoms with Gasteiger partial charge in [-0.25, -0.2) is 9.18 Å². The molecule has 1 aromatic carbocycles. The van der Waals surface area contributed by atoms with Crippen LogP contribution in [0.5, 0.6) is 0 Å². The third-order valence-electron chi connectivity index (χ3n) is 3.46. The van der Waals surface area contributed by atoms with E-state index in [4.69, 9.17) is 4.74 Å². The molecular weight excluding hydrogens is 287 g/mol. The summed E-state index contributed by atoms with van der Waals surface area (Å²) in [5, 5.41) is 0. The normalized spacial score (nSPS) is 15.1. The average Bonchev–Trinajstić information content (AvgIpc) is 2.53. The number of carbonyl (C=O) groups is 2. The van der Waals surface area contributed by atoms with Crippen molar-refractivity contribution in [3.05, 3.63) is 35.6 Å². The smallest absolute Gasteiger partial charge is 0.409 e. The van der Waals surface area contributed by atoms with E-state index < -0.39 is 0 Å². The lowest BCUT2D eigenvalue weighted by molar-refractivity contribution is 0.0535. The lowest BCUT2D eigenvalue weighted by atomic mass is 10.2. The lowest BCUT2D eigenvalue weighted by Crippen LogP contribution is -2.50. The second-order valence-electron chi connectivity index (χ2n) is 5.76. The van der Waals surface area contributed by atoms with Gasteiger partial charge in [-0.05, 0) is 30.2 Å². The molecule has 5 nitrogen and oxygen atoms in total. The summed E-state index contributed by atoms with van der Waals surface area (Å²) < 4.78 is 18.1. The van der Waals surface area contributed by atoms with Crippen LogP contribution in [-0.4, -0.2) is 54.6 Å². The SMILES string of the molecule is CC(C)COC(=O)N1CCN(C(=O)c2ccc(F)cc2)CC1. The molecule has 0 aliphatic carbocycles. The molecule has 0 radical (unpaired) electrons. The van der Waals surface area contributed by atoms with Crippen LogP contribution in [0.3, 0.4) is 0 Å². The second kappa shape index (κ2) is 7.24. The number of hydrogen-bond acceptors (Lipinski definition) is 3.